The Hall–Kier alpha value is -4.48. The van der Waals surface area contributed by atoms with Crippen molar-refractivity contribution in [3.63, 3.8) is 0 Å². The fourth-order valence-corrected chi connectivity index (χ4v) is 4.79. The van der Waals surface area contributed by atoms with Gasteiger partial charge in [-0.1, -0.05) is 127 Å². The topological polar surface area (TPSA) is 55.8 Å². The Morgan fingerprint density at radius 2 is 1.30 bits per heavy atom. The van der Waals surface area contributed by atoms with Crippen LogP contribution in [0.15, 0.2) is 133 Å². The summed E-state index contributed by atoms with van der Waals surface area (Å²) in [6.07, 6.45) is 2.32. The zero-order valence-electron chi connectivity index (χ0n) is 20.3. The molecule has 0 spiro atoms. The monoisotopic (exact) mass is 489 g/mol. The van der Waals surface area contributed by atoms with E-state index in [2.05, 4.69) is 0 Å². The van der Waals surface area contributed by atoms with Gasteiger partial charge in [-0.15, -0.1) is 0 Å². The number of benzene rings is 4. The van der Waals surface area contributed by atoms with Crippen LogP contribution in [0.4, 0.5) is 4.79 Å². The zero-order chi connectivity index (χ0) is 25.5. The molecule has 0 aliphatic carbocycles. The molecule has 4 aromatic rings. The van der Waals surface area contributed by atoms with Gasteiger partial charge in [-0.05, 0) is 11.1 Å². The van der Waals surface area contributed by atoms with E-state index in [0.717, 1.165) is 22.3 Å². The van der Waals surface area contributed by atoms with Crippen molar-refractivity contribution >= 4 is 12.0 Å². The van der Waals surface area contributed by atoms with Crippen LogP contribution < -0.4 is 0 Å². The first-order valence-corrected chi connectivity index (χ1v) is 12.2. The SMILES string of the molecule is O=C(/C=C/COCc1ccccc1)N1C(=O)OC(c2ccccc2)(c2ccccc2)[C@H]1c1ccccc1. The van der Waals surface area contributed by atoms with Gasteiger partial charge in [0.1, 0.15) is 6.04 Å². The first-order valence-electron chi connectivity index (χ1n) is 12.2. The number of carbonyl (C=O) groups excluding carboxylic acids is 2. The number of hydrogen-bond acceptors (Lipinski definition) is 4. The number of ether oxygens (including phenoxy) is 2. The molecule has 1 atom stereocenters. The number of rotatable bonds is 8. The Bertz CT molecular complexity index is 1320. The second-order valence-corrected chi connectivity index (χ2v) is 8.76. The average Bonchev–Trinajstić information content (AvgIpc) is 3.28. The Balaban J connectivity index is 1.49. The quantitative estimate of drug-likeness (QED) is 0.212. The zero-order valence-corrected chi connectivity index (χ0v) is 20.3. The number of cyclic esters (lactones) is 1. The normalized spacial score (nSPS) is 16.6. The second-order valence-electron chi connectivity index (χ2n) is 8.76. The molecular formula is C32H27NO4. The van der Waals surface area contributed by atoms with Crippen molar-refractivity contribution in [2.45, 2.75) is 18.2 Å². The summed E-state index contributed by atoms with van der Waals surface area (Å²) in [6, 6.07) is 37.8. The molecule has 0 bridgehead atoms. The van der Waals surface area contributed by atoms with Crippen LogP contribution >= 0.6 is 0 Å². The van der Waals surface area contributed by atoms with Gasteiger partial charge >= 0.3 is 6.09 Å². The van der Waals surface area contributed by atoms with E-state index >= 15 is 0 Å². The number of amides is 2. The number of carbonyl (C=O) groups is 2. The minimum Gasteiger partial charge on any atom is -0.430 e. The molecular weight excluding hydrogens is 462 g/mol. The second kappa shape index (κ2) is 11.1. The highest BCUT2D eigenvalue weighted by atomic mass is 16.6. The van der Waals surface area contributed by atoms with Gasteiger partial charge in [0.05, 0.1) is 13.2 Å². The number of nitrogens with zero attached hydrogens (tertiary/aromatic N) is 1. The van der Waals surface area contributed by atoms with Crippen LogP contribution in [0, 0.1) is 0 Å². The third-order valence-electron chi connectivity index (χ3n) is 6.43. The lowest BCUT2D eigenvalue weighted by Crippen LogP contribution is -2.39. The summed E-state index contributed by atoms with van der Waals surface area (Å²) in [5, 5.41) is 0. The molecule has 5 heteroatoms. The Morgan fingerprint density at radius 1 is 0.784 bits per heavy atom. The van der Waals surface area contributed by atoms with Gasteiger partial charge < -0.3 is 9.47 Å². The van der Waals surface area contributed by atoms with Crippen molar-refractivity contribution in [1.29, 1.82) is 0 Å². The molecule has 4 aromatic carbocycles. The molecule has 1 aliphatic heterocycles. The van der Waals surface area contributed by atoms with Gasteiger partial charge in [0, 0.05) is 17.2 Å². The summed E-state index contributed by atoms with van der Waals surface area (Å²) < 4.78 is 11.9. The van der Waals surface area contributed by atoms with Crippen LogP contribution in [-0.2, 0) is 26.5 Å². The smallest absolute Gasteiger partial charge is 0.418 e. The van der Waals surface area contributed by atoms with E-state index < -0.39 is 23.6 Å². The predicted molar refractivity (Wildman–Crippen MR) is 141 cm³/mol. The summed E-state index contributed by atoms with van der Waals surface area (Å²) in [7, 11) is 0. The van der Waals surface area contributed by atoms with E-state index in [-0.39, 0.29) is 6.61 Å². The summed E-state index contributed by atoms with van der Waals surface area (Å²) in [5.41, 5.74) is 2.20. The molecule has 1 heterocycles. The molecule has 0 radical (unpaired) electrons. The van der Waals surface area contributed by atoms with Gasteiger partial charge in [0.25, 0.3) is 5.91 Å². The summed E-state index contributed by atoms with van der Waals surface area (Å²) in [5.74, 6) is -0.462. The van der Waals surface area contributed by atoms with Crippen LogP contribution in [0.3, 0.4) is 0 Å². The van der Waals surface area contributed by atoms with Crippen molar-refractivity contribution in [2.75, 3.05) is 6.61 Å². The molecule has 37 heavy (non-hydrogen) atoms. The summed E-state index contributed by atoms with van der Waals surface area (Å²) in [6.45, 7) is 0.672. The van der Waals surface area contributed by atoms with Crippen molar-refractivity contribution in [1.82, 2.24) is 4.90 Å². The van der Waals surface area contributed by atoms with Crippen LogP contribution in [0.5, 0.6) is 0 Å². The summed E-state index contributed by atoms with van der Waals surface area (Å²) >= 11 is 0. The molecule has 1 fully saturated rings. The molecule has 0 N–H and O–H groups in total. The molecule has 0 saturated carbocycles. The highest BCUT2D eigenvalue weighted by Crippen LogP contribution is 2.52. The number of hydrogen-bond donors (Lipinski definition) is 0. The first kappa shape index (κ1) is 24.2. The molecule has 0 aromatic heterocycles. The van der Waals surface area contributed by atoms with Crippen LogP contribution in [0.25, 0.3) is 0 Å². The van der Waals surface area contributed by atoms with Crippen molar-refractivity contribution in [3.05, 3.63) is 156 Å². The molecule has 184 valence electrons. The van der Waals surface area contributed by atoms with E-state index in [0.29, 0.717) is 6.61 Å². The highest BCUT2D eigenvalue weighted by molar-refractivity contribution is 6.00. The summed E-state index contributed by atoms with van der Waals surface area (Å²) in [4.78, 5) is 28.2. The number of imide groups is 1. The Kier molecular flexibility index (Phi) is 7.24. The lowest BCUT2D eigenvalue weighted by molar-refractivity contribution is -0.124. The van der Waals surface area contributed by atoms with Crippen LogP contribution in [-0.4, -0.2) is 23.5 Å². The van der Waals surface area contributed by atoms with E-state index in [1.807, 2.05) is 121 Å². The third-order valence-corrected chi connectivity index (χ3v) is 6.43. The van der Waals surface area contributed by atoms with Gasteiger partial charge in [0.2, 0.25) is 0 Å². The van der Waals surface area contributed by atoms with Gasteiger partial charge in [-0.2, -0.15) is 0 Å². The fraction of sp³-hybridized carbons (Fsp3) is 0.125. The first-order chi connectivity index (χ1) is 18.2. The fourth-order valence-electron chi connectivity index (χ4n) is 4.79. The minimum absolute atomic E-state index is 0.238. The lowest BCUT2D eigenvalue weighted by Gasteiger charge is -2.35. The van der Waals surface area contributed by atoms with Crippen molar-refractivity contribution in [2.24, 2.45) is 0 Å². The molecule has 2 amide bonds. The predicted octanol–water partition coefficient (Wildman–Crippen LogP) is 6.42. The van der Waals surface area contributed by atoms with Crippen LogP contribution in [0.2, 0.25) is 0 Å². The lowest BCUT2D eigenvalue weighted by atomic mass is 9.77. The van der Waals surface area contributed by atoms with Gasteiger partial charge in [-0.25, -0.2) is 9.69 Å². The van der Waals surface area contributed by atoms with E-state index in [1.165, 1.54) is 11.0 Å². The van der Waals surface area contributed by atoms with E-state index in [9.17, 15) is 9.59 Å². The maximum atomic E-state index is 13.5. The Morgan fingerprint density at radius 3 is 1.86 bits per heavy atom. The maximum absolute atomic E-state index is 13.5. The molecule has 1 aliphatic rings. The maximum Gasteiger partial charge on any atom is 0.418 e. The van der Waals surface area contributed by atoms with Crippen molar-refractivity contribution < 1.29 is 19.1 Å². The standard InChI is InChI=1S/C32H27NO4/c34-29(22-13-23-36-24-25-14-5-1-6-15-25)33-30(26-16-7-2-8-17-26)32(37-31(33)35,27-18-9-3-10-19-27)28-20-11-4-12-21-28/h1-22,30H,23-24H2/b22-13+/t30-/m1/s1. The third kappa shape index (κ3) is 4.95. The van der Waals surface area contributed by atoms with E-state index in [4.69, 9.17) is 9.47 Å². The molecule has 0 unspecified atom stereocenters. The average molecular weight is 490 g/mol. The highest BCUT2D eigenvalue weighted by Gasteiger charge is 2.58. The minimum atomic E-state index is -1.21. The molecule has 5 nitrogen and oxygen atoms in total. The molecule has 1 saturated heterocycles. The largest absolute Gasteiger partial charge is 0.430 e. The van der Waals surface area contributed by atoms with E-state index in [1.54, 1.807) is 6.08 Å². The molecule has 5 rings (SSSR count). The van der Waals surface area contributed by atoms with Crippen molar-refractivity contribution in [3.8, 4) is 0 Å². The van der Waals surface area contributed by atoms with Crippen LogP contribution in [0.1, 0.15) is 28.3 Å². The van der Waals surface area contributed by atoms with Gasteiger partial charge in [-0.3, -0.25) is 4.79 Å². The van der Waals surface area contributed by atoms with Gasteiger partial charge in [0.15, 0.2) is 5.60 Å². The Labute approximate surface area is 216 Å².